The number of benzene rings is 3. The Kier molecular flexibility index (Phi) is 8.24. The van der Waals surface area contributed by atoms with Crippen molar-refractivity contribution in [1.29, 1.82) is 0 Å². The van der Waals surface area contributed by atoms with E-state index in [0.29, 0.717) is 53.3 Å². The van der Waals surface area contributed by atoms with Crippen molar-refractivity contribution in [2.45, 2.75) is 53.5 Å². The van der Waals surface area contributed by atoms with Gasteiger partial charge in [0.25, 0.3) is 5.91 Å². The number of nitrogens with zero attached hydrogens (tertiary/aromatic N) is 4. The third kappa shape index (κ3) is 5.36. The number of amides is 1. The zero-order chi connectivity index (χ0) is 34.9. The van der Waals surface area contributed by atoms with Gasteiger partial charge in [0.1, 0.15) is 11.4 Å². The second-order valence-electron chi connectivity index (χ2n) is 13.0. The molecule has 0 aliphatic carbocycles. The van der Waals surface area contributed by atoms with Gasteiger partial charge in [-0.2, -0.15) is 5.10 Å². The number of carbonyl (C=O) groups is 2. The first-order chi connectivity index (χ1) is 23.4. The smallest absolute Gasteiger partial charge is 0.336 e. The van der Waals surface area contributed by atoms with Crippen LogP contribution in [0.3, 0.4) is 0 Å². The fourth-order valence-corrected chi connectivity index (χ4v) is 7.79. The molecule has 0 fully saturated rings. The summed E-state index contributed by atoms with van der Waals surface area (Å²) >= 11 is 13.4. The van der Waals surface area contributed by atoms with E-state index in [1.54, 1.807) is 23.2 Å². The maximum atomic E-state index is 14.8. The number of carboxylic acids is 1. The summed E-state index contributed by atoms with van der Waals surface area (Å²) in [5, 5.41) is 17.6. The minimum atomic E-state index is -1.05. The standard InChI is InChI=1S/C38H37Cl2N5O4/c1-19-14-25(15-20(2)34(19)40)49-13-7-8-27-28-9-10-30(39)33(32-22(4)42-43(6)23(32)5)35(28)45-21(3)18-44(37(46)36(27)45)24-16-29(38(47)48)26-11-12-41-31(26)17-24/h9-12,14-17,21,41H,7-8,13,18H2,1-6H3,(H,47,48)/t21-/m1/s1. The van der Waals surface area contributed by atoms with Crippen LogP contribution in [-0.2, 0) is 13.5 Å². The molecule has 0 saturated carbocycles. The molecule has 49 heavy (non-hydrogen) atoms. The molecule has 1 aliphatic heterocycles. The average molecular weight is 699 g/mol. The largest absolute Gasteiger partial charge is 0.494 e. The number of nitrogens with one attached hydrogen (secondary N) is 1. The van der Waals surface area contributed by atoms with Gasteiger partial charge in [0, 0.05) is 69.7 Å². The van der Waals surface area contributed by atoms with Crippen LogP contribution in [-0.4, -0.2) is 49.5 Å². The molecular formula is C38H37Cl2N5O4. The summed E-state index contributed by atoms with van der Waals surface area (Å²) in [7, 11) is 1.92. The number of ether oxygens (including phenoxy) is 1. The van der Waals surface area contributed by atoms with Gasteiger partial charge in [0.15, 0.2) is 0 Å². The summed E-state index contributed by atoms with van der Waals surface area (Å²) in [6.07, 6.45) is 2.92. The summed E-state index contributed by atoms with van der Waals surface area (Å²) in [6.45, 7) is 10.8. The summed E-state index contributed by atoms with van der Waals surface area (Å²) in [4.78, 5) is 31.9. The third-order valence-electron chi connectivity index (χ3n) is 9.76. The quantitative estimate of drug-likeness (QED) is 0.155. The summed E-state index contributed by atoms with van der Waals surface area (Å²) in [6, 6.07) is 12.8. The highest BCUT2D eigenvalue weighted by Gasteiger charge is 2.37. The van der Waals surface area contributed by atoms with E-state index in [2.05, 4.69) is 21.6 Å². The number of anilines is 1. The van der Waals surface area contributed by atoms with E-state index in [9.17, 15) is 14.7 Å². The number of aryl methyl sites for hydroxylation is 5. The Hall–Kier alpha value is -4.73. The minimum absolute atomic E-state index is 0.141. The molecule has 3 aromatic heterocycles. The van der Waals surface area contributed by atoms with Crippen molar-refractivity contribution in [1.82, 2.24) is 19.3 Å². The predicted molar refractivity (Wildman–Crippen MR) is 195 cm³/mol. The number of aromatic amines is 1. The van der Waals surface area contributed by atoms with E-state index in [1.165, 1.54) is 0 Å². The van der Waals surface area contributed by atoms with Crippen molar-refractivity contribution in [2.24, 2.45) is 7.05 Å². The van der Waals surface area contributed by atoms with Crippen LogP contribution < -0.4 is 9.64 Å². The van der Waals surface area contributed by atoms with Crippen LogP contribution in [0.5, 0.6) is 5.75 Å². The number of fused-ring (bicyclic) bond motifs is 4. The van der Waals surface area contributed by atoms with Crippen LogP contribution in [0.4, 0.5) is 5.69 Å². The van der Waals surface area contributed by atoms with Crippen molar-refractivity contribution in [3.8, 4) is 16.9 Å². The Labute approximate surface area is 294 Å². The van der Waals surface area contributed by atoms with Crippen LogP contribution in [0, 0.1) is 27.7 Å². The zero-order valence-electron chi connectivity index (χ0n) is 28.2. The van der Waals surface area contributed by atoms with Crippen molar-refractivity contribution in [2.75, 3.05) is 18.1 Å². The Morgan fingerprint density at radius 1 is 1.04 bits per heavy atom. The zero-order valence-corrected chi connectivity index (χ0v) is 29.8. The van der Waals surface area contributed by atoms with Gasteiger partial charge in [0.05, 0.1) is 28.4 Å². The first kappa shape index (κ1) is 32.8. The number of hydrogen-bond donors (Lipinski definition) is 2. The Morgan fingerprint density at radius 3 is 2.45 bits per heavy atom. The van der Waals surface area contributed by atoms with Crippen molar-refractivity contribution in [3.63, 3.8) is 0 Å². The molecule has 252 valence electrons. The first-order valence-electron chi connectivity index (χ1n) is 16.3. The topological polar surface area (TPSA) is 105 Å². The summed E-state index contributed by atoms with van der Waals surface area (Å²) in [5.41, 5.74) is 9.24. The van der Waals surface area contributed by atoms with Gasteiger partial charge in [-0.15, -0.1) is 0 Å². The van der Waals surface area contributed by atoms with Crippen molar-refractivity contribution < 1.29 is 19.4 Å². The fourth-order valence-electron chi connectivity index (χ4n) is 7.44. The third-order valence-corrected chi connectivity index (χ3v) is 10.7. The molecule has 7 rings (SSSR count). The number of aromatic carboxylic acids is 1. The Balaban J connectivity index is 1.37. The normalized spacial score (nSPS) is 14.7. The molecule has 4 heterocycles. The van der Waals surface area contributed by atoms with Crippen LogP contribution in [0.1, 0.15) is 68.3 Å². The molecule has 9 nitrogen and oxygen atoms in total. The predicted octanol–water partition coefficient (Wildman–Crippen LogP) is 8.99. The average Bonchev–Trinajstić information content (AvgIpc) is 3.73. The lowest BCUT2D eigenvalue weighted by Crippen LogP contribution is -2.42. The number of carbonyl (C=O) groups excluding carboxylic acids is 1. The first-order valence-corrected chi connectivity index (χ1v) is 17.0. The molecule has 0 radical (unpaired) electrons. The second kappa shape index (κ2) is 12.3. The SMILES string of the molecule is Cc1cc(OCCCc2c3n(c4c(-c5c(C)nn(C)c5C)c(Cl)ccc24)[C@H](C)CN(c2cc(C(=O)O)c4cc[nH]c4c2)C3=O)cc(C)c1Cl. The number of rotatable bonds is 8. The number of halogens is 2. The van der Waals surface area contributed by atoms with Gasteiger partial charge in [-0.05, 0) is 101 Å². The number of aromatic nitrogens is 4. The number of carboxylic acid groups (broad SMARTS) is 1. The van der Waals surface area contributed by atoms with Crippen LogP contribution in [0.15, 0.2) is 48.7 Å². The lowest BCUT2D eigenvalue weighted by Gasteiger charge is -2.34. The molecule has 0 saturated heterocycles. The fraction of sp³-hybridized carbons (Fsp3) is 0.289. The molecule has 0 spiro atoms. The van der Waals surface area contributed by atoms with Crippen molar-refractivity contribution >= 4 is 62.6 Å². The van der Waals surface area contributed by atoms with Crippen molar-refractivity contribution in [3.05, 3.63) is 98.0 Å². The summed E-state index contributed by atoms with van der Waals surface area (Å²) < 4.78 is 10.2. The van der Waals surface area contributed by atoms with E-state index in [1.807, 2.05) is 69.8 Å². The van der Waals surface area contributed by atoms with Gasteiger partial charge in [-0.1, -0.05) is 29.3 Å². The van der Waals surface area contributed by atoms with Crippen LogP contribution >= 0.6 is 23.2 Å². The van der Waals surface area contributed by atoms with Gasteiger partial charge in [0.2, 0.25) is 0 Å². The van der Waals surface area contributed by atoms with Gasteiger partial charge in [-0.25, -0.2) is 4.79 Å². The minimum Gasteiger partial charge on any atom is -0.494 e. The van der Waals surface area contributed by atoms with Gasteiger partial charge in [-0.3, -0.25) is 9.48 Å². The highest BCUT2D eigenvalue weighted by Crippen LogP contribution is 2.45. The van der Waals surface area contributed by atoms with E-state index in [0.717, 1.165) is 60.9 Å². The van der Waals surface area contributed by atoms with E-state index in [4.69, 9.17) is 27.9 Å². The van der Waals surface area contributed by atoms with Crippen LogP contribution in [0.2, 0.25) is 10.0 Å². The number of hydrogen-bond acceptors (Lipinski definition) is 4. The number of H-pyrrole nitrogens is 1. The highest BCUT2D eigenvalue weighted by atomic mass is 35.5. The maximum Gasteiger partial charge on any atom is 0.336 e. The Bertz CT molecular complexity index is 2310. The maximum absolute atomic E-state index is 14.8. The second-order valence-corrected chi connectivity index (χ2v) is 13.8. The van der Waals surface area contributed by atoms with E-state index in [-0.39, 0.29) is 17.5 Å². The van der Waals surface area contributed by atoms with E-state index < -0.39 is 5.97 Å². The highest BCUT2D eigenvalue weighted by molar-refractivity contribution is 6.35. The Morgan fingerprint density at radius 2 is 1.78 bits per heavy atom. The molecule has 3 aromatic carbocycles. The molecular weight excluding hydrogens is 661 g/mol. The lowest BCUT2D eigenvalue weighted by atomic mass is 9.98. The molecule has 2 N–H and O–H groups in total. The molecule has 0 unspecified atom stereocenters. The molecule has 1 aliphatic rings. The molecule has 1 amide bonds. The monoisotopic (exact) mass is 697 g/mol. The van der Waals surface area contributed by atoms with Crippen LogP contribution in [0.25, 0.3) is 32.9 Å². The van der Waals surface area contributed by atoms with Gasteiger partial charge >= 0.3 is 5.97 Å². The molecule has 6 aromatic rings. The van der Waals surface area contributed by atoms with E-state index >= 15 is 0 Å². The molecule has 1 atom stereocenters. The van der Waals surface area contributed by atoms with Gasteiger partial charge < -0.3 is 24.3 Å². The lowest BCUT2D eigenvalue weighted by molar-refractivity contribution is 0.0698. The molecule has 0 bridgehead atoms. The molecule has 11 heteroatoms. The summed E-state index contributed by atoms with van der Waals surface area (Å²) in [5.74, 6) is -0.492.